The summed E-state index contributed by atoms with van der Waals surface area (Å²) in [4.78, 5) is 13.6. The van der Waals surface area contributed by atoms with Crippen LogP contribution in [0.5, 0.6) is 0 Å². The highest BCUT2D eigenvalue weighted by molar-refractivity contribution is 7.97. The number of fused-ring (bicyclic) bond motifs is 8. The zero-order chi connectivity index (χ0) is 74.1. The molecule has 0 aliphatic heterocycles. The highest BCUT2D eigenvalue weighted by Gasteiger charge is 2.35. The Morgan fingerprint density at radius 3 is 0.881 bits per heavy atom. The zero-order valence-corrected chi connectivity index (χ0v) is 65.7. The molecule has 1 aliphatic carbocycles. The summed E-state index contributed by atoms with van der Waals surface area (Å²) in [6.45, 7) is 6.82. The molecule has 0 atom stereocenters. The van der Waals surface area contributed by atoms with E-state index >= 15 is 0 Å². The minimum atomic E-state index is -3.23. The van der Waals surface area contributed by atoms with Crippen LogP contribution in [0.25, 0.3) is 78.9 Å². The Bertz CT molecular complexity index is 5920. The second kappa shape index (κ2) is 33.0. The number of benzene rings is 17. The van der Waals surface area contributed by atoms with Crippen molar-refractivity contribution in [2.45, 2.75) is 112 Å². The lowest BCUT2D eigenvalue weighted by molar-refractivity contribution is 0.483. The lowest BCUT2D eigenvalue weighted by Gasteiger charge is -2.21. The first-order chi connectivity index (χ1) is 53.4. The lowest BCUT2D eigenvalue weighted by Crippen LogP contribution is -2.24. The van der Waals surface area contributed by atoms with Crippen LogP contribution in [0.2, 0.25) is 0 Å². The second-order valence-electron chi connectivity index (χ2n) is 28.8. The Labute approximate surface area is 653 Å². The molecule has 1 saturated carbocycles. The normalized spacial score (nSPS) is 12.6. The number of hydrogen-bond acceptors (Lipinski definition) is 2. The Balaban J connectivity index is 0.000000112. The van der Waals surface area contributed by atoms with E-state index < -0.39 is 9.84 Å². The van der Waals surface area contributed by atoms with Crippen LogP contribution in [0.1, 0.15) is 58.4 Å². The zero-order valence-electron chi connectivity index (χ0n) is 61.6. The van der Waals surface area contributed by atoms with Crippen molar-refractivity contribution in [3.05, 3.63) is 406 Å². The van der Waals surface area contributed by atoms with Crippen molar-refractivity contribution in [1.29, 1.82) is 0 Å². The van der Waals surface area contributed by atoms with Gasteiger partial charge in [-0.05, 0) is 235 Å². The quantitative estimate of drug-likeness (QED) is 0.114. The van der Waals surface area contributed by atoms with E-state index in [-0.39, 0.29) is 53.8 Å². The smallest absolute Gasteiger partial charge is 0.187 e. The van der Waals surface area contributed by atoms with Crippen LogP contribution in [0.4, 0.5) is 0 Å². The van der Waals surface area contributed by atoms with Gasteiger partial charge in [0.2, 0.25) is 0 Å². The molecular formula is C102H86O2S5+4. The molecule has 1 aliphatic rings. The first kappa shape index (κ1) is 72.5. The fourth-order valence-corrected chi connectivity index (χ4v) is 25.5. The molecule has 0 amide bonds. The van der Waals surface area contributed by atoms with E-state index in [2.05, 4.69) is 385 Å². The Morgan fingerprint density at radius 1 is 0.266 bits per heavy atom. The summed E-state index contributed by atoms with van der Waals surface area (Å²) < 4.78 is 28.9. The molecule has 1 heterocycles. The van der Waals surface area contributed by atoms with Gasteiger partial charge in [-0.3, -0.25) is 0 Å². The summed E-state index contributed by atoms with van der Waals surface area (Å²) in [6, 6.07) is 144. The van der Waals surface area contributed by atoms with Gasteiger partial charge >= 0.3 is 0 Å². The Hall–Kier alpha value is -10.7. The van der Waals surface area contributed by atoms with Gasteiger partial charge in [-0.25, -0.2) is 8.42 Å². The van der Waals surface area contributed by atoms with Crippen molar-refractivity contribution in [1.82, 2.24) is 0 Å². The average molecular weight is 1500 g/mol. The molecule has 18 aromatic rings. The minimum Gasteiger partial charge on any atom is -0.223 e. The maximum atomic E-state index is 13.0. The highest BCUT2D eigenvalue weighted by Crippen LogP contribution is 2.48. The molecule has 0 saturated heterocycles. The summed E-state index contributed by atoms with van der Waals surface area (Å²) in [5.41, 5.74) is 1.53. The summed E-state index contributed by atoms with van der Waals surface area (Å²) in [6.07, 6.45) is 4.79. The molecule has 1 fully saturated rings. The Morgan fingerprint density at radius 2 is 0.532 bits per heavy atom. The predicted octanol–water partition coefficient (Wildman–Crippen LogP) is 28.2. The second-order valence-corrected chi connectivity index (χ2v) is 39.0. The number of hydrogen-bond donors (Lipinski definition) is 0. The molecule has 1 aromatic heterocycles. The SMILES string of the molecule is CC(C)(C)c1ccc([S+](c2ccc3ccccc3c2)c2ccc3ccccc3c2)cc1.O=S(=O)(c1ccc([S+](c2ccccc2)c2ccccc2)cc1)C1CCCCC1.c1ccc(-[s+]2c3ccccc3c3ccccc32)cc1.c1ccc2cc([S+](c3ccc4ccccc4c3)c3ccc4ccccc4c3)ccc2c1. The Kier molecular flexibility index (Phi) is 21.9. The van der Waals surface area contributed by atoms with Gasteiger partial charge in [0.25, 0.3) is 0 Å². The van der Waals surface area contributed by atoms with Gasteiger partial charge in [0.1, 0.15) is 0 Å². The van der Waals surface area contributed by atoms with Crippen LogP contribution >= 0.6 is 10.5 Å². The van der Waals surface area contributed by atoms with Crippen molar-refractivity contribution in [3.8, 4) is 4.90 Å². The summed E-state index contributed by atoms with van der Waals surface area (Å²) in [5.74, 6) is 0. The lowest BCUT2D eigenvalue weighted by atomic mass is 9.87. The van der Waals surface area contributed by atoms with Crippen molar-refractivity contribution in [2.75, 3.05) is 0 Å². The third-order valence-electron chi connectivity index (χ3n) is 20.6. The standard InChI is InChI=1S/C30H21S.C30H27S.C24H25O2S2.C18H13S/c1-4-10-25-19-28(16-13-22(25)7-1)31(29-17-14-23-8-2-5-11-26(23)20-29)30-18-15-24-9-3-6-12-27(24)21-30;1-30(2,3)26-14-18-27(19-15-26)31(28-16-12-22-8-4-6-10-24(22)20-28)29-17-13-23-9-5-7-11-25(23)21-29;25-28(26,23-14-8-3-9-15-23)24-18-16-22(17-19-24)27(20-10-4-1-5-11-20)21-12-6-2-7-13-21;1-2-8-14(9-3-1)19-17-12-6-4-10-15(17)16-11-5-7-13-18(16)19/h1-21H;4-21H,1-3H3;1-2,4-7,10-13,16-19,23H,3,8-9,14-15H2;1-13H/q4*+1. The topological polar surface area (TPSA) is 34.1 Å². The van der Waals surface area contributed by atoms with E-state index in [1.165, 1.54) is 124 Å². The maximum absolute atomic E-state index is 13.0. The summed E-state index contributed by atoms with van der Waals surface area (Å²) in [5, 5.41) is 15.5. The molecule has 532 valence electrons. The van der Waals surface area contributed by atoms with Gasteiger partial charge in [-0.2, -0.15) is 0 Å². The summed E-state index contributed by atoms with van der Waals surface area (Å²) in [7, 11) is -3.76. The predicted molar refractivity (Wildman–Crippen MR) is 470 cm³/mol. The minimum absolute atomic E-state index is 0.0594. The van der Waals surface area contributed by atoms with Crippen LogP contribution in [0.3, 0.4) is 0 Å². The number of rotatable bonds is 12. The van der Waals surface area contributed by atoms with Crippen LogP contribution in [-0.2, 0) is 47.9 Å². The van der Waals surface area contributed by atoms with Gasteiger partial charge in [0.05, 0.1) is 42.8 Å². The van der Waals surface area contributed by atoms with E-state index in [0.717, 1.165) is 37.0 Å². The monoisotopic (exact) mass is 1500 g/mol. The van der Waals surface area contributed by atoms with Gasteiger partial charge in [-0.1, -0.05) is 252 Å². The van der Waals surface area contributed by atoms with E-state index in [4.69, 9.17) is 0 Å². The van der Waals surface area contributed by atoms with Gasteiger partial charge < -0.3 is 0 Å². The molecule has 2 nitrogen and oxygen atoms in total. The maximum Gasteiger partial charge on any atom is 0.187 e. The molecule has 17 aromatic carbocycles. The molecule has 7 heteroatoms. The van der Waals surface area contributed by atoms with E-state index in [1.54, 1.807) is 0 Å². The number of thiophene rings is 1. The molecule has 0 N–H and O–H groups in total. The molecule has 109 heavy (non-hydrogen) atoms. The first-order valence-electron chi connectivity index (χ1n) is 37.6. The third-order valence-corrected chi connectivity index (χ3v) is 31.8. The molecule has 0 unspecified atom stereocenters. The van der Waals surface area contributed by atoms with Crippen LogP contribution < -0.4 is 0 Å². The van der Waals surface area contributed by atoms with E-state index in [0.29, 0.717) is 4.90 Å². The van der Waals surface area contributed by atoms with Crippen LogP contribution in [0, 0.1) is 0 Å². The van der Waals surface area contributed by atoms with Crippen LogP contribution in [-0.4, -0.2) is 13.7 Å². The molecular weight excluding hydrogens is 1420 g/mol. The number of sulfone groups is 1. The van der Waals surface area contributed by atoms with Gasteiger partial charge in [0.15, 0.2) is 68.2 Å². The summed E-state index contributed by atoms with van der Waals surface area (Å²) >= 11 is 0. The van der Waals surface area contributed by atoms with E-state index in [9.17, 15) is 8.42 Å². The first-order valence-corrected chi connectivity index (χ1v) is 44.1. The fraction of sp³-hybridized carbons (Fsp3) is 0.0980. The largest absolute Gasteiger partial charge is 0.223 e. The van der Waals surface area contributed by atoms with Crippen molar-refractivity contribution >= 4 is 127 Å². The van der Waals surface area contributed by atoms with Gasteiger partial charge in [-0.15, -0.1) is 0 Å². The average Bonchev–Trinajstić information content (AvgIpc) is 1.66. The fourth-order valence-electron chi connectivity index (χ4n) is 14.9. The molecule has 0 spiro atoms. The van der Waals surface area contributed by atoms with Crippen molar-refractivity contribution in [3.63, 3.8) is 0 Å². The van der Waals surface area contributed by atoms with Crippen LogP contribution in [0.15, 0.2) is 449 Å². The third kappa shape index (κ3) is 16.2. The molecule has 0 radical (unpaired) electrons. The van der Waals surface area contributed by atoms with E-state index in [1.807, 2.05) is 36.4 Å². The molecule has 19 rings (SSSR count). The van der Waals surface area contributed by atoms with Crippen molar-refractivity contribution in [2.24, 2.45) is 0 Å². The highest BCUT2D eigenvalue weighted by atomic mass is 32.2. The van der Waals surface area contributed by atoms with Gasteiger partial charge in [0, 0.05) is 51.6 Å². The molecule has 0 bridgehead atoms. The van der Waals surface area contributed by atoms with Crippen molar-refractivity contribution < 1.29 is 8.42 Å².